The Morgan fingerprint density at radius 1 is 1.33 bits per heavy atom. The van der Waals surface area contributed by atoms with E-state index in [9.17, 15) is 9.59 Å². The lowest BCUT2D eigenvalue weighted by atomic mass is 10.0. The summed E-state index contributed by atoms with van der Waals surface area (Å²) in [5, 5.41) is 5.46. The van der Waals surface area contributed by atoms with Gasteiger partial charge in [-0.1, -0.05) is 13.8 Å². The number of nitrogens with one attached hydrogen (secondary N) is 2. The number of halogens is 1. The van der Waals surface area contributed by atoms with Gasteiger partial charge in [-0.3, -0.25) is 9.59 Å². The number of nitrogens with zero attached hydrogens (tertiary/aromatic N) is 3. The molecule has 7 nitrogen and oxygen atoms in total. The normalized spacial score (nSPS) is 16.4. The molecule has 0 saturated carbocycles. The topological polar surface area (TPSA) is 79.3 Å². The Labute approximate surface area is 151 Å². The van der Waals surface area contributed by atoms with Crippen molar-refractivity contribution in [2.75, 3.05) is 20.6 Å². The minimum absolute atomic E-state index is 0.182. The molecule has 0 saturated heterocycles. The van der Waals surface area contributed by atoms with Gasteiger partial charge in [0.2, 0.25) is 5.91 Å². The maximum atomic E-state index is 12.8. The molecule has 1 aromatic heterocycles. The molecule has 1 atom stereocenters. The first-order valence-corrected chi connectivity index (χ1v) is 9.08. The van der Waals surface area contributed by atoms with Crippen molar-refractivity contribution in [1.29, 1.82) is 0 Å². The zero-order chi connectivity index (χ0) is 17.9. The van der Waals surface area contributed by atoms with Crippen molar-refractivity contribution in [2.24, 2.45) is 5.92 Å². The number of hydrogen-bond acceptors (Lipinski definition) is 4. The zero-order valence-corrected chi connectivity index (χ0v) is 16.3. The number of carbonyl (C=O) groups excluding carboxylic acids is 2. The Balaban J connectivity index is 2.24. The lowest BCUT2D eigenvalue weighted by Gasteiger charge is -2.19. The number of aromatic nitrogens is 2. The third kappa shape index (κ3) is 4.36. The first-order valence-electron chi connectivity index (χ1n) is 8.29. The second kappa shape index (κ2) is 8.11. The summed E-state index contributed by atoms with van der Waals surface area (Å²) in [4.78, 5) is 31.4. The monoisotopic (exact) mass is 399 g/mol. The van der Waals surface area contributed by atoms with E-state index in [0.717, 1.165) is 25.2 Å². The summed E-state index contributed by atoms with van der Waals surface area (Å²) in [6, 6.07) is -0.554. The van der Waals surface area contributed by atoms with Gasteiger partial charge in [0, 0.05) is 20.1 Å². The quantitative estimate of drug-likeness (QED) is 0.783. The fourth-order valence-electron chi connectivity index (χ4n) is 2.96. The van der Waals surface area contributed by atoms with E-state index in [4.69, 9.17) is 0 Å². The molecule has 2 amide bonds. The van der Waals surface area contributed by atoms with Gasteiger partial charge in [-0.25, -0.2) is 4.98 Å². The van der Waals surface area contributed by atoms with Gasteiger partial charge in [0.15, 0.2) is 10.4 Å². The number of imidazole rings is 1. The third-order valence-corrected chi connectivity index (χ3v) is 4.76. The van der Waals surface area contributed by atoms with Gasteiger partial charge in [0.25, 0.3) is 5.91 Å². The molecule has 0 spiro atoms. The SMILES string of the molecule is CNC(=O)[C@H](CC(C)C)NC(=O)c1nc(Br)n2c1CN(C)CCC2. The molecule has 24 heavy (non-hydrogen) atoms. The van der Waals surface area contributed by atoms with E-state index in [0.29, 0.717) is 29.3 Å². The van der Waals surface area contributed by atoms with Crippen LogP contribution in [-0.2, 0) is 17.9 Å². The molecule has 1 aromatic rings. The molecule has 134 valence electrons. The first-order chi connectivity index (χ1) is 11.3. The van der Waals surface area contributed by atoms with Gasteiger partial charge in [-0.2, -0.15) is 0 Å². The predicted molar refractivity (Wildman–Crippen MR) is 95.7 cm³/mol. The molecule has 0 unspecified atom stereocenters. The van der Waals surface area contributed by atoms with E-state index in [1.807, 2.05) is 25.5 Å². The predicted octanol–water partition coefficient (Wildman–Crippen LogP) is 1.37. The maximum absolute atomic E-state index is 12.8. The molecule has 0 fully saturated rings. The molecule has 0 radical (unpaired) electrons. The number of rotatable bonds is 5. The Hall–Kier alpha value is -1.41. The van der Waals surface area contributed by atoms with Crippen molar-refractivity contribution in [1.82, 2.24) is 25.1 Å². The summed E-state index contributed by atoms with van der Waals surface area (Å²) in [6.45, 7) is 6.51. The van der Waals surface area contributed by atoms with Crippen LogP contribution in [-0.4, -0.2) is 52.9 Å². The van der Waals surface area contributed by atoms with Gasteiger partial charge >= 0.3 is 0 Å². The van der Waals surface area contributed by atoms with Gasteiger partial charge in [-0.15, -0.1) is 0 Å². The molecular formula is C16H26BrN5O2. The Morgan fingerprint density at radius 2 is 2.04 bits per heavy atom. The first kappa shape index (κ1) is 18.9. The van der Waals surface area contributed by atoms with E-state index in [1.165, 1.54) is 0 Å². The molecule has 2 heterocycles. The summed E-state index contributed by atoms with van der Waals surface area (Å²) in [5.74, 6) is -0.183. The van der Waals surface area contributed by atoms with Crippen LogP contribution in [0.15, 0.2) is 4.73 Å². The highest BCUT2D eigenvalue weighted by Crippen LogP contribution is 2.22. The molecule has 0 bridgehead atoms. The van der Waals surface area contributed by atoms with Gasteiger partial charge in [0.05, 0.1) is 5.69 Å². The molecule has 1 aliphatic heterocycles. The van der Waals surface area contributed by atoms with E-state index < -0.39 is 6.04 Å². The summed E-state index contributed by atoms with van der Waals surface area (Å²) < 4.78 is 2.70. The van der Waals surface area contributed by atoms with Crippen LogP contribution in [0.3, 0.4) is 0 Å². The molecule has 1 aliphatic rings. The fourth-order valence-corrected chi connectivity index (χ4v) is 3.53. The lowest BCUT2D eigenvalue weighted by molar-refractivity contribution is -0.122. The largest absolute Gasteiger partial charge is 0.357 e. The Morgan fingerprint density at radius 3 is 2.67 bits per heavy atom. The summed E-state index contributed by atoms with van der Waals surface area (Å²) in [5.41, 5.74) is 1.29. The Kier molecular flexibility index (Phi) is 6.40. The summed E-state index contributed by atoms with van der Waals surface area (Å²) in [6.07, 6.45) is 1.59. The molecule has 2 N–H and O–H groups in total. The van der Waals surface area contributed by atoms with Crippen molar-refractivity contribution < 1.29 is 9.59 Å². The number of amides is 2. The minimum Gasteiger partial charge on any atom is -0.357 e. The van der Waals surface area contributed by atoms with Crippen molar-refractivity contribution in [3.05, 3.63) is 16.1 Å². The van der Waals surface area contributed by atoms with Crippen molar-refractivity contribution in [3.8, 4) is 0 Å². The standard InChI is InChI=1S/C16H26BrN5O2/c1-10(2)8-11(14(23)18-3)19-15(24)13-12-9-21(4)6-5-7-22(12)16(17)20-13/h10-11H,5-9H2,1-4H3,(H,18,23)(H,19,24)/t11-/m0/s1. The molecule has 0 aromatic carbocycles. The number of fused-ring (bicyclic) bond motifs is 1. The highest BCUT2D eigenvalue weighted by atomic mass is 79.9. The van der Waals surface area contributed by atoms with E-state index in [2.05, 4.69) is 36.4 Å². The lowest BCUT2D eigenvalue weighted by Crippen LogP contribution is -2.46. The van der Waals surface area contributed by atoms with Crippen LogP contribution in [0.1, 0.15) is 42.9 Å². The van der Waals surface area contributed by atoms with Gasteiger partial charge in [0.1, 0.15) is 6.04 Å². The van der Waals surface area contributed by atoms with E-state index in [1.54, 1.807) is 7.05 Å². The van der Waals surface area contributed by atoms with Crippen molar-refractivity contribution in [3.63, 3.8) is 0 Å². The van der Waals surface area contributed by atoms with Gasteiger partial charge < -0.3 is 20.1 Å². The molecule has 0 aliphatic carbocycles. The number of likely N-dealkylation sites (N-methyl/N-ethyl adjacent to an activating group) is 1. The van der Waals surface area contributed by atoms with E-state index >= 15 is 0 Å². The molecule has 8 heteroatoms. The second-order valence-corrected chi connectivity index (χ2v) is 7.40. The maximum Gasteiger partial charge on any atom is 0.272 e. The second-order valence-electron chi connectivity index (χ2n) is 6.69. The number of carbonyl (C=O) groups is 2. The zero-order valence-electron chi connectivity index (χ0n) is 14.7. The fraction of sp³-hybridized carbons (Fsp3) is 0.688. The van der Waals surface area contributed by atoms with Crippen LogP contribution in [0.5, 0.6) is 0 Å². The van der Waals surface area contributed by atoms with Crippen LogP contribution in [0.2, 0.25) is 0 Å². The highest BCUT2D eigenvalue weighted by molar-refractivity contribution is 9.10. The van der Waals surface area contributed by atoms with Crippen LogP contribution >= 0.6 is 15.9 Å². The van der Waals surface area contributed by atoms with Crippen molar-refractivity contribution >= 4 is 27.7 Å². The third-order valence-electron chi connectivity index (χ3n) is 4.16. The highest BCUT2D eigenvalue weighted by Gasteiger charge is 2.27. The van der Waals surface area contributed by atoms with Crippen molar-refractivity contribution in [2.45, 2.75) is 45.8 Å². The summed E-state index contributed by atoms with van der Waals surface area (Å²) in [7, 11) is 3.61. The van der Waals surface area contributed by atoms with Gasteiger partial charge in [-0.05, 0) is 48.3 Å². The average Bonchev–Trinajstić information content (AvgIpc) is 2.69. The molecule has 2 rings (SSSR count). The minimum atomic E-state index is -0.554. The van der Waals surface area contributed by atoms with E-state index in [-0.39, 0.29) is 11.8 Å². The van der Waals surface area contributed by atoms with Crippen LogP contribution < -0.4 is 10.6 Å². The number of hydrogen-bond donors (Lipinski definition) is 2. The Bertz CT molecular complexity index is 614. The van der Waals surface area contributed by atoms with Crippen LogP contribution in [0, 0.1) is 5.92 Å². The molecular weight excluding hydrogens is 374 g/mol. The van der Waals surface area contributed by atoms with Crippen LogP contribution in [0.25, 0.3) is 0 Å². The average molecular weight is 400 g/mol. The van der Waals surface area contributed by atoms with Crippen LogP contribution in [0.4, 0.5) is 0 Å². The summed E-state index contributed by atoms with van der Waals surface area (Å²) >= 11 is 3.45. The smallest absolute Gasteiger partial charge is 0.272 e.